The van der Waals surface area contributed by atoms with E-state index < -0.39 is 0 Å². The lowest BCUT2D eigenvalue weighted by atomic mass is 9.85. The molecule has 2 rings (SSSR count). The lowest BCUT2D eigenvalue weighted by Crippen LogP contribution is -2.36. The number of nitrogens with zero attached hydrogens (tertiary/aromatic N) is 1. The third kappa shape index (κ3) is 6.33. The summed E-state index contributed by atoms with van der Waals surface area (Å²) in [7, 11) is 1.88. The summed E-state index contributed by atoms with van der Waals surface area (Å²) < 4.78 is 5.66. The molecule has 1 fully saturated rings. The van der Waals surface area contributed by atoms with Gasteiger partial charge < -0.3 is 15.0 Å². The Bertz CT molecular complexity index is 518. The van der Waals surface area contributed by atoms with Crippen LogP contribution in [0.2, 0.25) is 5.02 Å². The molecule has 5 heteroatoms. The van der Waals surface area contributed by atoms with Gasteiger partial charge in [0.25, 0.3) is 0 Å². The van der Waals surface area contributed by atoms with Crippen LogP contribution in [0.25, 0.3) is 0 Å². The number of hydrogen-bond donors (Lipinski definition) is 1. The van der Waals surface area contributed by atoms with E-state index >= 15 is 0 Å². The van der Waals surface area contributed by atoms with E-state index in [1.165, 1.54) is 12.8 Å². The lowest BCUT2D eigenvalue weighted by Gasteiger charge is -2.29. The molecule has 2 unspecified atom stereocenters. The van der Waals surface area contributed by atoms with E-state index in [1.54, 1.807) is 6.07 Å². The number of rotatable bonds is 8. The monoisotopic (exact) mass is 352 g/mol. The highest BCUT2D eigenvalue weighted by atomic mass is 35.5. The summed E-state index contributed by atoms with van der Waals surface area (Å²) in [5.41, 5.74) is 0. The number of carbonyl (C=O) groups excluding carboxylic acids is 1. The van der Waals surface area contributed by atoms with Crippen LogP contribution in [0, 0.1) is 11.8 Å². The van der Waals surface area contributed by atoms with Gasteiger partial charge in [0.1, 0.15) is 5.75 Å². The van der Waals surface area contributed by atoms with Crippen LogP contribution in [0.15, 0.2) is 24.3 Å². The molecule has 1 saturated heterocycles. The van der Waals surface area contributed by atoms with Crippen molar-refractivity contribution >= 4 is 17.5 Å². The zero-order chi connectivity index (χ0) is 17.4. The van der Waals surface area contributed by atoms with Gasteiger partial charge in [-0.15, -0.1) is 0 Å². The van der Waals surface area contributed by atoms with Crippen molar-refractivity contribution in [3.05, 3.63) is 29.3 Å². The smallest absolute Gasteiger partial charge is 0.222 e. The molecule has 24 heavy (non-hydrogen) atoms. The largest absolute Gasteiger partial charge is 0.493 e. The van der Waals surface area contributed by atoms with E-state index in [-0.39, 0.29) is 5.91 Å². The predicted octanol–water partition coefficient (Wildman–Crippen LogP) is 3.59. The standard InChI is InChI=1S/C19H29ClN2O2/c1-15(16-6-4-9-21-14-16)12-19(23)22(2)10-5-11-24-18-8-3-7-17(20)13-18/h3,7-8,13,15-16,21H,4-6,9-12,14H2,1-2H3. The fourth-order valence-corrected chi connectivity index (χ4v) is 3.32. The first-order valence-electron chi connectivity index (χ1n) is 8.89. The normalized spacial score (nSPS) is 18.9. The first-order chi connectivity index (χ1) is 11.6. The van der Waals surface area contributed by atoms with E-state index in [1.807, 2.05) is 30.1 Å². The molecular formula is C19H29ClN2O2. The van der Waals surface area contributed by atoms with Crippen molar-refractivity contribution in [3.8, 4) is 5.75 Å². The van der Waals surface area contributed by atoms with Crippen LogP contribution in [0.1, 0.15) is 32.6 Å². The number of ether oxygens (including phenoxy) is 1. The van der Waals surface area contributed by atoms with Crippen LogP contribution in [0.3, 0.4) is 0 Å². The maximum absolute atomic E-state index is 12.4. The number of benzene rings is 1. The Kier molecular flexibility index (Phi) is 7.86. The van der Waals surface area contributed by atoms with E-state index in [0.29, 0.717) is 29.9 Å². The number of halogens is 1. The van der Waals surface area contributed by atoms with Gasteiger partial charge in [0, 0.05) is 25.0 Å². The Morgan fingerprint density at radius 3 is 3.04 bits per heavy atom. The van der Waals surface area contributed by atoms with Gasteiger partial charge in [-0.05, 0) is 62.4 Å². The molecule has 1 N–H and O–H groups in total. The van der Waals surface area contributed by atoms with E-state index in [0.717, 1.165) is 31.8 Å². The van der Waals surface area contributed by atoms with Crippen molar-refractivity contribution in [2.45, 2.75) is 32.6 Å². The second-order valence-corrected chi connectivity index (χ2v) is 7.20. The maximum Gasteiger partial charge on any atom is 0.222 e. The second-order valence-electron chi connectivity index (χ2n) is 6.76. The Balaban J connectivity index is 1.64. The quantitative estimate of drug-likeness (QED) is 0.727. The van der Waals surface area contributed by atoms with Gasteiger partial charge in [0.2, 0.25) is 5.91 Å². The van der Waals surface area contributed by atoms with E-state index in [4.69, 9.17) is 16.3 Å². The Labute approximate surface area is 150 Å². The van der Waals surface area contributed by atoms with Gasteiger partial charge in [-0.2, -0.15) is 0 Å². The molecule has 1 aromatic carbocycles. The molecule has 4 nitrogen and oxygen atoms in total. The molecule has 0 aliphatic carbocycles. The molecule has 1 aromatic rings. The fourth-order valence-electron chi connectivity index (χ4n) is 3.14. The van der Waals surface area contributed by atoms with E-state index in [9.17, 15) is 4.79 Å². The highest BCUT2D eigenvalue weighted by molar-refractivity contribution is 6.30. The van der Waals surface area contributed by atoms with Gasteiger partial charge in [-0.25, -0.2) is 0 Å². The summed E-state index contributed by atoms with van der Waals surface area (Å²) in [6.07, 6.45) is 3.91. The summed E-state index contributed by atoms with van der Waals surface area (Å²) >= 11 is 5.92. The minimum atomic E-state index is 0.232. The average Bonchev–Trinajstić information content (AvgIpc) is 2.59. The van der Waals surface area contributed by atoms with Crippen molar-refractivity contribution in [3.63, 3.8) is 0 Å². The van der Waals surface area contributed by atoms with Crippen molar-refractivity contribution in [1.82, 2.24) is 10.2 Å². The van der Waals surface area contributed by atoms with Crippen LogP contribution >= 0.6 is 11.6 Å². The van der Waals surface area contributed by atoms with Crippen LogP contribution < -0.4 is 10.1 Å². The zero-order valence-corrected chi connectivity index (χ0v) is 15.5. The topological polar surface area (TPSA) is 41.6 Å². The van der Waals surface area contributed by atoms with Gasteiger partial charge >= 0.3 is 0 Å². The molecule has 0 aromatic heterocycles. The molecule has 1 aliphatic heterocycles. The van der Waals surface area contributed by atoms with Gasteiger partial charge in [-0.3, -0.25) is 4.79 Å². The minimum Gasteiger partial charge on any atom is -0.493 e. The fraction of sp³-hybridized carbons (Fsp3) is 0.632. The van der Waals surface area contributed by atoms with Gasteiger partial charge in [0.15, 0.2) is 0 Å². The highest BCUT2D eigenvalue weighted by Gasteiger charge is 2.23. The summed E-state index contributed by atoms with van der Waals surface area (Å²) in [5.74, 6) is 2.07. The summed E-state index contributed by atoms with van der Waals surface area (Å²) in [6.45, 7) is 5.66. The van der Waals surface area contributed by atoms with Crippen molar-refractivity contribution in [2.24, 2.45) is 11.8 Å². The number of nitrogens with one attached hydrogen (secondary N) is 1. The number of amides is 1. The first kappa shape index (κ1) is 19.1. The molecule has 2 atom stereocenters. The minimum absolute atomic E-state index is 0.232. The third-order valence-corrected chi connectivity index (χ3v) is 5.00. The number of piperidine rings is 1. The molecule has 0 saturated carbocycles. The molecule has 1 aliphatic rings. The maximum atomic E-state index is 12.4. The Morgan fingerprint density at radius 2 is 2.33 bits per heavy atom. The zero-order valence-electron chi connectivity index (χ0n) is 14.8. The van der Waals surface area contributed by atoms with E-state index in [2.05, 4.69) is 12.2 Å². The summed E-state index contributed by atoms with van der Waals surface area (Å²) in [5, 5.41) is 4.10. The Hall–Kier alpha value is -1.26. The van der Waals surface area contributed by atoms with Gasteiger partial charge in [0.05, 0.1) is 6.61 Å². The molecule has 1 heterocycles. The van der Waals surface area contributed by atoms with Crippen molar-refractivity contribution < 1.29 is 9.53 Å². The summed E-state index contributed by atoms with van der Waals surface area (Å²) in [6, 6.07) is 7.38. The van der Waals surface area contributed by atoms with Gasteiger partial charge in [-0.1, -0.05) is 24.6 Å². The molecule has 0 bridgehead atoms. The number of carbonyl (C=O) groups is 1. The predicted molar refractivity (Wildman–Crippen MR) is 98.6 cm³/mol. The Morgan fingerprint density at radius 1 is 1.50 bits per heavy atom. The lowest BCUT2D eigenvalue weighted by molar-refractivity contribution is -0.131. The van der Waals surface area contributed by atoms with Crippen LogP contribution in [-0.2, 0) is 4.79 Å². The SMILES string of the molecule is CC(CC(=O)N(C)CCCOc1cccc(Cl)c1)C1CCCNC1. The summed E-state index contributed by atoms with van der Waals surface area (Å²) in [4.78, 5) is 14.2. The molecule has 1 amide bonds. The molecular weight excluding hydrogens is 324 g/mol. The van der Waals surface area contributed by atoms with Crippen LogP contribution in [0.4, 0.5) is 0 Å². The van der Waals surface area contributed by atoms with Crippen molar-refractivity contribution in [1.29, 1.82) is 0 Å². The second kappa shape index (κ2) is 9.90. The average molecular weight is 353 g/mol. The number of hydrogen-bond acceptors (Lipinski definition) is 3. The highest BCUT2D eigenvalue weighted by Crippen LogP contribution is 2.23. The molecule has 0 spiro atoms. The molecule has 0 radical (unpaired) electrons. The third-order valence-electron chi connectivity index (χ3n) is 4.76. The van der Waals surface area contributed by atoms with Crippen LogP contribution in [0.5, 0.6) is 5.75 Å². The van der Waals surface area contributed by atoms with Crippen molar-refractivity contribution in [2.75, 3.05) is 33.3 Å². The first-order valence-corrected chi connectivity index (χ1v) is 9.27. The molecule has 134 valence electrons. The van der Waals surface area contributed by atoms with Crippen LogP contribution in [-0.4, -0.2) is 44.1 Å².